The smallest absolute Gasteiger partial charge is 0.302 e. The first-order chi connectivity index (χ1) is 42.0. The summed E-state index contributed by atoms with van der Waals surface area (Å²) in [4.78, 5) is 38.4. The summed E-state index contributed by atoms with van der Waals surface area (Å²) in [5.41, 5.74) is 0. The molecule has 3 heterocycles. The molecule has 0 bridgehead atoms. The monoisotopic (exact) mass is 1260 g/mol. The largest absolute Gasteiger partial charge is 0.463 e. The Balaban J connectivity index is 0.000000270. The number of esters is 2. The van der Waals surface area contributed by atoms with Crippen LogP contribution in [0.15, 0.2) is 126 Å². The standard InChI is InChI=1S/C34H51NO8Si.C22H32O4Si.C12H19NO4/c1-25-26(2)32(35-27(3)36)33(43-31(25)24-41-28(4)37)40-22-20-38-18-19-39-21-23-42-44(34(5,6)7,29-14-10-8-11-15-29)30-16-12-9-13-17-30;1-22(2,3)27(20-10-6-4-7-11-20,21-12-8-5-9-13-21)26-19-18-25-17-16-24-15-14-23;1-6-7(2)11-12(16-8(3)13-11)17-10(6)5-15-9(4)14/h8-17,25-26,31-33H,18-24H2,1-7H3,(H,35,36);4-13,23H,14-19H2,1-3H3;6-7,10-12H,5H2,1-4H3/t25-,26+,31-,32-,33-;;6-,7+,10-,11-,12?/m1.1/s1. The van der Waals surface area contributed by atoms with Gasteiger partial charge in [-0.15, -0.1) is 0 Å². The molecule has 0 saturated carbocycles. The van der Waals surface area contributed by atoms with Gasteiger partial charge >= 0.3 is 11.9 Å². The molecule has 10 atom stereocenters. The van der Waals surface area contributed by atoms with Crippen LogP contribution in [0.2, 0.25) is 10.1 Å². The van der Waals surface area contributed by atoms with E-state index in [1.165, 1.54) is 41.5 Å². The summed E-state index contributed by atoms with van der Waals surface area (Å²) in [5.74, 6) is 0.624. The first-order valence-corrected chi connectivity index (χ1v) is 34.9. The molecule has 18 nitrogen and oxygen atoms in total. The Hall–Kier alpha value is -5.21. The van der Waals surface area contributed by atoms with Crippen LogP contribution in [0.25, 0.3) is 0 Å². The number of nitrogens with zero attached hydrogens (tertiary/aromatic N) is 1. The molecule has 488 valence electrons. The van der Waals surface area contributed by atoms with Gasteiger partial charge in [-0.1, -0.05) is 191 Å². The molecule has 7 rings (SSSR count). The molecule has 4 aromatic rings. The number of aliphatic hydroxyl groups is 1. The lowest BCUT2D eigenvalue weighted by molar-refractivity contribution is -0.247. The Kier molecular flexibility index (Phi) is 30.6. The van der Waals surface area contributed by atoms with E-state index in [2.05, 4.69) is 163 Å². The van der Waals surface area contributed by atoms with Gasteiger partial charge in [-0.3, -0.25) is 14.4 Å². The minimum atomic E-state index is -2.58. The molecular weight excluding hydrogens is 1160 g/mol. The molecule has 2 N–H and O–H groups in total. The lowest BCUT2D eigenvalue weighted by Crippen LogP contribution is -2.66. The van der Waals surface area contributed by atoms with Gasteiger partial charge < -0.3 is 66.6 Å². The maximum atomic E-state index is 11.8. The first kappa shape index (κ1) is 73.5. The number of aliphatic hydroxyl groups excluding tert-OH is 1. The van der Waals surface area contributed by atoms with Crippen molar-refractivity contribution < 1.29 is 75.7 Å². The maximum absolute atomic E-state index is 11.8. The van der Waals surface area contributed by atoms with E-state index in [1.807, 2.05) is 45.0 Å². The van der Waals surface area contributed by atoms with Crippen molar-refractivity contribution in [2.24, 2.45) is 28.7 Å². The molecule has 1 unspecified atom stereocenters. The minimum absolute atomic E-state index is 0.0278. The Morgan fingerprint density at radius 3 is 1.25 bits per heavy atom. The highest BCUT2D eigenvalue weighted by Crippen LogP contribution is 2.39. The molecule has 0 aliphatic carbocycles. The zero-order valence-corrected chi connectivity index (χ0v) is 56.7. The third-order valence-electron chi connectivity index (χ3n) is 16.4. The predicted octanol–water partition coefficient (Wildman–Crippen LogP) is 7.63. The maximum Gasteiger partial charge on any atom is 0.302 e. The summed E-state index contributed by atoms with van der Waals surface area (Å²) in [6, 6.07) is 42.1. The van der Waals surface area contributed by atoms with Crippen LogP contribution >= 0.6 is 0 Å². The number of hydrogen-bond acceptors (Lipinski definition) is 17. The van der Waals surface area contributed by atoms with E-state index in [1.54, 1.807) is 0 Å². The van der Waals surface area contributed by atoms with Crippen molar-refractivity contribution in [2.45, 2.75) is 144 Å². The van der Waals surface area contributed by atoms with E-state index in [0.717, 1.165) is 0 Å². The second kappa shape index (κ2) is 36.6. The highest BCUT2D eigenvalue weighted by atomic mass is 28.4. The normalized spacial score (nSPS) is 22.7. The van der Waals surface area contributed by atoms with E-state index in [9.17, 15) is 14.4 Å². The zero-order valence-electron chi connectivity index (χ0n) is 54.7. The van der Waals surface area contributed by atoms with Crippen LogP contribution in [0.3, 0.4) is 0 Å². The van der Waals surface area contributed by atoms with Crippen LogP contribution in [0.5, 0.6) is 0 Å². The van der Waals surface area contributed by atoms with Crippen molar-refractivity contribution in [2.75, 3.05) is 92.5 Å². The SMILES string of the molecule is CC(=O)N[C@H]1[C@H](OCCOCCOCCO[Si](c2ccccc2)(c2ccccc2)C(C)(C)C)O[C@H](COC(C)=O)[C@H](C)[C@@H]1C.CC(=O)OC[C@H]1OC2OC(C)=N[C@@H]2[C@@H](C)[C@H]1C.CC(C)(C)[Si](OCCOCCOCCO)(c1ccccc1)c1ccccc1. The molecule has 3 aliphatic heterocycles. The fourth-order valence-electron chi connectivity index (χ4n) is 11.6. The van der Waals surface area contributed by atoms with Crippen molar-refractivity contribution in [3.8, 4) is 0 Å². The number of ether oxygens (including phenoxy) is 10. The number of rotatable bonds is 29. The molecule has 2 fully saturated rings. The summed E-state index contributed by atoms with van der Waals surface area (Å²) >= 11 is 0. The zero-order chi connectivity index (χ0) is 64.3. The van der Waals surface area contributed by atoms with Crippen LogP contribution in [0.4, 0.5) is 0 Å². The summed E-state index contributed by atoms with van der Waals surface area (Å²) in [6.45, 7) is 33.2. The molecule has 4 aromatic carbocycles. The van der Waals surface area contributed by atoms with Gasteiger partial charge in [0.2, 0.25) is 12.2 Å². The van der Waals surface area contributed by atoms with E-state index in [0.29, 0.717) is 77.9 Å². The summed E-state index contributed by atoms with van der Waals surface area (Å²) in [6.07, 6.45) is -1.44. The Labute approximate surface area is 526 Å². The van der Waals surface area contributed by atoms with E-state index in [-0.39, 0.29) is 103 Å². The second-order valence-electron chi connectivity index (χ2n) is 24.7. The number of hydrogen-bond donors (Lipinski definition) is 2. The quantitative estimate of drug-likeness (QED) is 0.0305. The van der Waals surface area contributed by atoms with Crippen LogP contribution in [0, 0.1) is 23.7 Å². The van der Waals surface area contributed by atoms with E-state index in [4.69, 9.17) is 61.3 Å². The molecule has 88 heavy (non-hydrogen) atoms. The molecule has 2 saturated heterocycles. The van der Waals surface area contributed by atoms with Gasteiger partial charge in [0.25, 0.3) is 16.6 Å². The summed E-state index contributed by atoms with van der Waals surface area (Å²) in [7, 11) is -5.06. The third-order valence-corrected chi connectivity index (χ3v) is 26.5. The first-order valence-electron chi connectivity index (χ1n) is 31.1. The average molecular weight is 1260 g/mol. The fourth-order valence-corrected chi connectivity index (χ4v) is 20.7. The van der Waals surface area contributed by atoms with Crippen molar-refractivity contribution in [3.05, 3.63) is 121 Å². The number of aliphatic imine (C=N–C) groups is 1. The van der Waals surface area contributed by atoms with Crippen LogP contribution in [-0.4, -0.2) is 175 Å². The topological polar surface area (TPSA) is 207 Å². The number of carbonyl (C=O) groups is 3. The lowest BCUT2D eigenvalue weighted by Gasteiger charge is -2.44. The predicted molar refractivity (Wildman–Crippen MR) is 346 cm³/mol. The number of benzene rings is 4. The van der Waals surface area contributed by atoms with Crippen molar-refractivity contribution in [1.82, 2.24) is 5.32 Å². The molecule has 0 spiro atoms. The highest BCUT2D eigenvalue weighted by molar-refractivity contribution is 7.00. The number of carbonyl (C=O) groups excluding carboxylic acids is 3. The van der Waals surface area contributed by atoms with Crippen molar-refractivity contribution in [1.29, 1.82) is 0 Å². The van der Waals surface area contributed by atoms with Crippen LogP contribution in [-0.2, 0) is 70.6 Å². The molecule has 1 amide bonds. The second-order valence-corrected chi connectivity index (χ2v) is 33.3. The Morgan fingerprint density at radius 1 is 0.511 bits per heavy atom. The van der Waals surface area contributed by atoms with Gasteiger partial charge in [-0.2, -0.15) is 0 Å². The molecule has 20 heteroatoms. The van der Waals surface area contributed by atoms with Gasteiger partial charge in [0.05, 0.1) is 97.5 Å². The molecule has 3 aliphatic rings. The van der Waals surface area contributed by atoms with Gasteiger partial charge in [0, 0.05) is 27.7 Å². The van der Waals surface area contributed by atoms with E-state index < -0.39 is 22.9 Å². The molecule has 0 radical (unpaired) electrons. The van der Waals surface area contributed by atoms with Crippen molar-refractivity contribution >= 4 is 61.1 Å². The fraction of sp³-hybridized carbons (Fsp3) is 0.588. The van der Waals surface area contributed by atoms with Crippen LogP contribution < -0.4 is 26.1 Å². The van der Waals surface area contributed by atoms with Crippen molar-refractivity contribution in [3.63, 3.8) is 0 Å². The van der Waals surface area contributed by atoms with E-state index >= 15 is 0 Å². The average Bonchev–Trinajstić information content (AvgIpc) is 1.01. The summed E-state index contributed by atoms with van der Waals surface area (Å²) in [5, 5.41) is 16.6. The van der Waals surface area contributed by atoms with Gasteiger partial charge in [0.1, 0.15) is 19.3 Å². The molecular formula is C68H102N2O16Si2. The summed E-state index contributed by atoms with van der Waals surface area (Å²) < 4.78 is 69.7. The number of fused-ring (bicyclic) bond motifs is 1. The number of nitrogens with one attached hydrogen (secondary N) is 1. The third kappa shape index (κ3) is 21.2. The minimum Gasteiger partial charge on any atom is -0.463 e. The number of amides is 1. The van der Waals surface area contributed by atoms with Gasteiger partial charge in [-0.05, 0) is 54.5 Å². The van der Waals surface area contributed by atoms with Gasteiger partial charge in [0.15, 0.2) is 12.2 Å². The Morgan fingerprint density at radius 2 is 0.875 bits per heavy atom. The van der Waals surface area contributed by atoms with Crippen LogP contribution in [0.1, 0.15) is 96.9 Å². The Bertz CT molecular complexity index is 2580. The molecule has 0 aromatic heterocycles. The lowest BCUT2D eigenvalue weighted by atomic mass is 9.82. The highest BCUT2D eigenvalue weighted by Gasteiger charge is 2.52. The van der Waals surface area contributed by atoms with Gasteiger partial charge in [-0.25, -0.2) is 4.99 Å².